The first-order chi connectivity index (χ1) is 14.1. The lowest BCUT2D eigenvalue weighted by Crippen LogP contribution is -2.54. The molecular weight excluding hydrogens is 368 g/mol. The zero-order chi connectivity index (χ0) is 20.2. The number of anilines is 1. The highest BCUT2D eigenvalue weighted by atomic mass is 16.5. The Morgan fingerprint density at radius 1 is 1.24 bits per heavy atom. The van der Waals surface area contributed by atoms with Crippen molar-refractivity contribution in [1.82, 2.24) is 24.8 Å². The predicted molar refractivity (Wildman–Crippen MR) is 109 cm³/mol. The normalized spacial score (nSPS) is 16.6. The molecule has 1 unspecified atom stereocenters. The van der Waals surface area contributed by atoms with Crippen LogP contribution in [0.5, 0.6) is 0 Å². The molecule has 1 aromatic carbocycles. The molecule has 150 valence electrons. The van der Waals surface area contributed by atoms with Crippen LogP contribution in [0.2, 0.25) is 0 Å². The van der Waals surface area contributed by atoms with Crippen LogP contribution < -0.4 is 10.2 Å². The number of carbonyl (C=O) groups is 1. The number of aryl methyl sites for hydroxylation is 2. The highest BCUT2D eigenvalue weighted by Crippen LogP contribution is 2.20. The number of carbonyl (C=O) groups excluding carboxylic acids is 1. The van der Waals surface area contributed by atoms with E-state index in [2.05, 4.69) is 20.3 Å². The van der Waals surface area contributed by atoms with Crippen molar-refractivity contribution in [1.29, 1.82) is 0 Å². The lowest BCUT2D eigenvalue weighted by Gasteiger charge is -2.35. The van der Waals surface area contributed by atoms with E-state index in [1.807, 2.05) is 49.1 Å². The summed E-state index contributed by atoms with van der Waals surface area (Å²) in [7, 11) is 0. The number of hydrogen-bond acceptors (Lipinski definition) is 6. The summed E-state index contributed by atoms with van der Waals surface area (Å²) in [6.45, 7) is 5.89. The molecule has 1 fully saturated rings. The monoisotopic (exact) mass is 392 g/mol. The van der Waals surface area contributed by atoms with Gasteiger partial charge in [0.1, 0.15) is 18.2 Å². The van der Waals surface area contributed by atoms with E-state index >= 15 is 0 Å². The molecule has 4 rings (SSSR count). The van der Waals surface area contributed by atoms with Crippen LogP contribution >= 0.6 is 0 Å². The van der Waals surface area contributed by atoms with Gasteiger partial charge in [0.15, 0.2) is 0 Å². The number of benzene rings is 1. The van der Waals surface area contributed by atoms with E-state index in [4.69, 9.17) is 4.74 Å². The van der Waals surface area contributed by atoms with Crippen LogP contribution in [-0.2, 0) is 16.1 Å². The third-order valence-electron chi connectivity index (χ3n) is 4.88. The summed E-state index contributed by atoms with van der Waals surface area (Å²) in [4.78, 5) is 28.1. The summed E-state index contributed by atoms with van der Waals surface area (Å²) in [6, 6.07) is 9.58. The lowest BCUT2D eigenvalue weighted by atomic mass is 10.1. The van der Waals surface area contributed by atoms with Crippen molar-refractivity contribution in [2.45, 2.75) is 26.4 Å². The highest BCUT2D eigenvalue weighted by molar-refractivity contribution is 5.85. The fraction of sp³-hybridized carbons (Fsp3) is 0.333. The summed E-state index contributed by atoms with van der Waals surface area (Å²) in [5, 5.41) is 3.03. The molecule has 0 spiro atoms. The number of rotatable bonds is 5. The van der Waals surface area contributed by atoms with Gasteiger partial charge in [-0.1, -0.05) is 29.8 Å². The van der Waals surface area contributed by atoms with E-state index in [9.17, 15) is 4.79 Å². The molecule has 3 heterocycles. The van der Waals surface area contributed by atoms with Gasteiger partial charge in [0, 0.05) is 37.2 Å². The molecule has 1 amide bonds. The molecule has 0 bridgehead atoms. The number of aromatic nitrogens is 4. The summed E-state index contributed by atoms with van der Waals surface area (Å²) < 4.78 is 7.35. The molecule has 0 saturated carbocycles. The van der Waals surface area contributed by atoms with Crippen LogP contribution in [0.4, 0.5) is 5.82 Å². The van der Waals surface area contributed by atoms with Crippen LogP contribution in [0.15, 0.2) is 49.1 Å². The van der Waals surface area contributed by atoms with Crippen LogP contribution in [-0.4, -0.2) is 51.2 Å². The van der Waals surface area contributed by atoms with Gasteiger partial charge in [0.25, 0.3) is 0 Å². The van der Waals surface area contributed by atoms with Crippen molar-refractivity contribution < 1.29 is 9.53 Å². The average Bonchev–Trinajstić information content (AvgIpc) is 3.28. The molecule has 2 aromatic heterocycles. The largest absolute Gasteiger partial charge is 0.377 e. The van der Waals surface area contributed by atoms with E-state index in [1.165, 1.54) is 5.56 Å². The van der Waals surface area contributed by atoms with E-state index in [-0.39, 0.29) is 5.91 Å². The third-order valence-corrected chi connectivity index (χ3v) is 4.88. The number of ether oxygens (including phenoxy) is 1. The standard InChI is InChI=1S/C21H24N6O2/c1-15-3-5-17(6-4-15)12-23-20(28)18-13-29-10-9-27(18)19-11-16(2)24-21(25-19)26-8-7-22-14-26/h3-8,11,14,18H,9-10,12-13H2,1-2H3,(H,23,28). The Hall–Kier alpha value is -3.26. The predicted octanol–water partition coefficient (Wildman–Crippen LogP) is 1.80. The number of nitrogens with one attached hydrogen (secondary N) is 1. The Balaban J connectivity index is 1.52. The van der Waals surface area contributed by atoms with Gasteiger partial charge in [-0.05, 0) is 19.4 Å². The number of amides is 1. The van der Waals surface area contributed by atoms with E-state index < -0.39 is 6.04 Å². The molecule has 1 aliphatic heterocycles. The Kier molecular flexibility index (Phi) is 5.53. The van der Waals surface area contributed by atoms with Gasteiger partial charge in [-0.2, -0.15) is 4.98 Å². The van der Waals surface area contributed by atoms with Crippen LogP contribution in [0.25, 0.3) is 5.95 Å². The third kappa shape index (κ3) is 4.43. The minimum Gasteiger partial charge on any atom is -0.377 e. The molecule has 1 atom stereocenters. The molecular formula is C21H24N6O2. The first-order valence-electron chi connectivity index (χ1n) is 9.62. The minimum atomic E-state index is -0.445. The Bertz CT molecular complexity index is 971. The molecule has 8 nitrogen and oxygen atoms in total. The van der Waals surface area contributed by atoms with Crippen molar-refractivity contribution >= 4 is 11.7 Å². The molecule has 0 radical (unpaired) electrons. The zero-order valence-corrected chi connectivity index (χ0v) is 16.6. The van der Waals surface area contributed by atoms with Gasteiger partial charge < -0.3 is 15.0 Å². The second kappa shape index (κ2) is 8.40. The van der Waals surface area contributed by atoms with Gasteiger partial charge >= 0.3 is 0 Å². The first kappa shape index (κ1) is 19.1. The summed E-state index contributed by atoms with van der Waals surface area (Å²) in [6.07, 6.45) is 5.13. The number of hydrogen-bond donors (Lipinski definition) is 1. The Labute approximate surface area is 169 Å². The van der Waals surface area contributed by atoms with Gasteiger partial charge in [-0.25, -0.2) is 9.97 Å². The molecule has 8 heteroatoms. The van der Waals surface area contributed by atoms with Crippen LogP contribution in [0.3, 0.4) is 0 Å². The maximum absolute atomic E-state index is 12.9. The molecule has 29 heavy (non-hydrogen) atoms. The lowest BCUT2D eigenvalue weighted by molar-refractivity contribution is -0.124. The Morgan fingerprint density at radius 3 is 2.83 bits per heavy atom. The summed E-state index contributed by atoms with van der Waals surface area (Å²) >= 11 is 0. The maximum atomic E-state index is 12.9. The van der Waals surface area contributed by atoms with Gasteiger partial charge in [0.05, 0.1) is 13.2 Å². The second-order valence-electron chi connectivity index (χ2n) is 7.12. The molecule has 3 aromatic rings. The van der Waals surface area contributed by atoms with Gasteiger partial charge in [-0.3, -0.25) is 9.36 Å². The SMILES string of the molecule is Cc1ccc(CNC(=O)C2COCCN2c2cc(C)nc(-n3ccnc3)n2)cc1. The minimum absolute atomic E-state index is 0.0780. The van der Waals surface area contributed by atoms with Crippen molar-refractivity contribution in [2.24, 2.45) is 0 Å². The highest BCUT2D eigenvalue weighted by Gasteiger charge is 2.31. The van der Waals surface area contributed by atoms with Crippen LogP contribution in [0, 0.1) is 13.8 Å². The number of nitrogens with zero attached hydrogens (tertiary/aromatic N) is 5. The maximum Gasteiger partial charge on any atom is 0.245 e. The number of imidazole rings is 1. The Morgan fingerprint density at radius 2 is 2.07 bits per heavy atom. The first-order valence-corrected chi connectivity index (χ1v) is 9.62. The second-order valence-corrected chi connectivity index (χ2v) is 7.12. The number of morpholine rings is 1. The topological polar surface area (TPSA) is 85.2 Å². The molecule has 1 saturated heterocycles. The molecule has 0 aliphatic carbocycles. The van der Waals surface area contributed by atoms with Gasteiger partial charge in [0.2, 0.25) is 11.9 Å². The average molecular weight is 392 g/mol. The van der Waals surface area contributed by atoms with Crippen LogP contribution in [0.1, 0.15) is 16.8 Å². The smallest absolute Gasteiger partial charge is 0.245 e. The van der Waals surface area contributed by atoms with Crippen molar-refractivity contribution in [3.05, 3.63) is 65.9 Å². The summed E-state index contributed by atoms with van der Waals surface area (Å²) in [5.41, 5.74) is 3.08. The van der Waals surface area contributed by atoms with E-state index in [0.29, 0.717) is 38.1 Å². The quantitative estimate of drug-likeness (QED) is 0.713. The van der Waals surface area contributed by atoms with Crippen molar-refractivity contribution in [3.8, 4) is 5.95 Å². The fourth-order valence-electron chi connectivity index (χ4n) is 3.28. The van der Waals surface area contributed by atoms with E-state index in [0.717, 1.165) is 11.3 Å². The van der Waals surface area contributed by atoms with Crippen molar-refractivity contribution in [2.75, 3.05) is 24.7 Å². The van der Waals surface area contributed by atoms with E-state index in [1.54, 1.807) is 23.3 Å². The summed E-state index contributed by atoms with van der Waals surface area (Å²) in [5.74, 6) is 1.16. The fourth-order valence-corrected chi connectivity index (χ4v) is 3.28. The van der Waals surface area contributed by atoms with Crippen molar-refractivity contribution in [3.63, 3.8) is 0 Å². The molecule has 1 aliphatic rings. The zero-order valence-electron chi connectivity index (χ0n) is 16.6. The van der Waals surface area contributed by atoms with Gasteiger partial charge in [-0.15, -0.1) is 0 Å². The molecule has 1 N–H and O–H groups in total.